The number of amides is 2. The van der Waals surface area contributed by atoms with Gasteiger partial charge in [-0.1, -0.05) is 35.9 Å². The molecule has 1 aromatic rings. The summed E-state index contributed by atoms with van der Waals surface area (Å²) in [5.41, 5.74) is 0.679. The summed E-state index contributed by atoms with van der Waals surface area (Å²) in [6.45, 7) is 0. The van der Waals surface area contributed by atoms with E-state index in [1.807, 2.05) is 23.1 Å². The molecule has 3 rings (SSSR count). The van der Waals surface area contributed by atoms with E-state index >= 15 is 0 Å². The maximum atomic E-state index is 12.3. The van der Waals surface area contributed by atoms with Crippen molar-refractivity contribution in [3.63, 3.8) is 0 Å². The van der Waals surface area contributed by atoms with Crippen molar-refractivity contribution < 1.29 is 4.79 Å². The maximum absolute atomic E-state index is 12.3. The third-order valence-electron chi connectivity index (χ3n) is 3.66. The summed E-state index contributed by atoms with van der Waals surface area (Å²) >= 11 is 6.05. The molecule has 1 N–H and O–H groups in total. The number of halogens is 1. The SMILES string of the molecule is O=C(Nc1ccccc1Cl)N1[C@H]2CC=C[C@H]1CC2. The van der Waals surface area contributed by atoms with E-state index in [9.17, 15) is 4.79 Å². The Hall–Kier alpha value is -1.48. The molecule has 4 heteroatoms. The summed E-state index contributed by atoms with van der Waals surface area (Å²) < 4.78 is 0. The van der Waals surface area contributed by atoms with Crippen LogP contribution < -0.4 is 5.32 Å². The van der Waals surface area contributed by atoms with Gasteiger partial charge >= 0.3 is 6.03 Å². The number of anilines is 1. The molecule has 0 aliphatic carbocycles. The van der Waals surface area contributed by atoms with Gasteiger partial charge in [0.25, 0.3) is 0 Å². The molecule has 2 heterocycles. The van der Waals surface area contributed by atoms with Gasteiger partial charge in [0.05, 0.1) is 16.8 Å². The van der Waals surface area contributed by atoms with Crippen molar-refractivity contribution in [2.45, 2.75) is 31.3 Å². The molecule has 2 aliphatic heterocycles. The smallest absolute Gasteiger partial charge is 0.315 e. The van der Waals surface area contributed by atoms with Crippen LogP contribution in [0.2, 0.25) is 5.02 Å². The number of fused-ring (bicyclic) bond motifs is 2. The van der Waals surface area contributed by atoms with Crippen LogP contribution in [0, 0.1) is 0 Å². The highest BCUT2D eigenvalue weighted by atomic mass is 35.5. The summed E-state index contributed by atoms with van der Waals surface area (Å²) in [5, 5.41) is 3.48. The van der Waals surface area contributed by atoms with E-state index in [0.717, 1.165) is 19.3 Å². The monoisotopic (exact) mass is 262 g/mol. The molecule has 0 saturated carbocycles. The minimum absolute atomic E-state index is 0.0417. The number of rotatable bonds is 1. The van der Waals surface area contributed by atoms with E-state index in [1.54, 1.807) is 6.07 Å². The van der Waals surface area contributed by atoms with Crippen LogP contribution in [0.25, 0.3) is 0 Å². The second-order valence-electron chi connectivity index (χ2n) is 4.78. The Bertz CT molecular complexity index is 500. The number of nitrogens with one attached hydrogen (secondary N) is 1. The summed E-state index contributed by atoms with van der Waals surface area (Å²) in [6, 6.07) is 7.88. The van der Waals surface area contributed by atoms with Gasteiger partial charge in [-0.3, -0.25) is 0 Å². The lowest BCUT2D eigenvalue weighted by atomic mass is 10.1. The van der Waals surface area contributed by atoms with Crippen LogP contribution in [-0.2, 0) is 0 Å². The Balaban J connectivity index is 1.76. The minimum Gasteiger partial charge on any atom is -0.315 e. The Morgan fingerprint density at radius 2 is 2.17 bits per heavy atom. The lowest BCUT2D eigenvalue weighted by Gasteiger charge is -2.31. The number of hydrogen-bond acceptors (Lipinski definition) is 1. The predicted molar refractivity (Wildman–Crippen MR) is 72.9 cm³/mol. The number of para-hydroxylation sites is 1. The normalized spacial score (nSPS) is 25.3. The molecular formula is C14H15ClN2O. The number of hydrogen-bond donors (Lipinski definition) is 1. The van der Waals surface area contributed by atoms with Gasteiger partial charge in [0.2, 0.25) is 0 Å². The quantitative estimate of drug-likeness (QED) is 0.770. The molecule has 1 fully saturated rings. The fraction of sp³-hybridized carbons (Fsp3) is 0.357. The molecule has 0 spiro atoms. The van der Waals surface area contributed by atoms with Crippen LogP contribution in [0.15, 0.2) is 36.4 Å². The van der Waals surface area contributed by atoms with Gasteiger partial charge in [-0.2, -0.15) is 0 Å². The van der Waals surface area contributed by atoms with E-state index in [2.05, 4.69) is 17.5 Å². The molecule has 18 heavy (non-hydrogen) atoms. The van der Waals surface area contributed by atoms with E-state index in [0.29, 0.717) is 16.8 Å². The van der Waals surface area contributed by atoms with Gasteiger partial charge in [0.1, 0.15) is 0 Å². The van der Waals surface area contributed by atoms with E-state index < -0.39 is 0 Å². The van der Waals surface area contributed by atoms with Crippen LogP contribution in [-0.4, -0.2) is 23.0 Å². The molecule has 1 aromatic carbocycles. The molecule has 0 unspecified atom stereocenters. The lowest BCUT2D eigenvalue weighted by molar-refractivity contribution is 0.192. The number of nitrogens with zero attached hydrogens (tertiary/aromatic N) is 1. The first-order chi connectivity index (χ1) is 8.75. The number of carbonyl (C=O) groups is 1. The van der Waals surface area contributed by atoms with Gasteiger partial charge < -0.3 is 10.2 Å². The van der Waals surface area contributed by atoms with E-state index in [1.165, 1.54) is 0 Å². The van der Waals surface area contributed by atoms with Crippen LogP contribution in [0.4, 0.5) is 10.5 Å². The minimum atomic E-state index is -0.0417. The summed E-state index contributed by atoms with van der Waals surface area (Å²) in [4.78, 5) is 14.3. The summed E-state index contributed by atoms with van der Waals surface area (Å²) in [5.74, 6) is 0. The zero-order chi connectivity index (χ0) is 12.5. The average molecular weight is 263 g/mol. The molecule has 2 amide bonds. The molecular weight excluding hydrogens is 248 g/mol. The Kier molecular flexibility index (Phi) is 3.00. The zero-order valence-electron chi connectivity index (χ0n) is 9.97. The highest BCUT2D eigenvalue weighted by Crippen LogP contribution is 2.32. The summed E-state index contributed by atoms with van der Waals surface area (Å²) in [6.07, 6.45) is 7.44. The third-order valence-corrected chi connectivity index (χ3v) is 3.99. The summed E-state index contributed by atoms with van der Waals surface area (Å²) in [7, 11) is 0. The number of urea groups is 1. The van der Waals surface area contributed by atoms with Crippen LogP contribution in [0.5, 0.6) is 0 Å². The molecule has 2 aliphatic rings. The van der Waals surface area contributed by atoms with Gasteiger partial charge in [0, 0.05) is 6.04 Å². The second kappa shape index (κ2) is 4.65. The highest BCUT2D eigenvalue weighted by Gasteiger charge is 2.37. The van der Waals surface area contributed by atoms with Crippen LogP contribution >= 0.6 is 11.6 Å². The first kappa shape index (κ1) is 11.6. The van der Waals surface area contributed by atoms with E-state index in [-0.39, 0.29) is 12.1 Å². The van der Waals surface area contributed by atoms with Crippen molar-refractivity contribution in [3.05, 3.63) is 41.4 Å². The zero-order valence-corrected chi connectivity index (χ0v) is 10.7. The topological polar surface area (TPSA) is 32.3 Å². The standard InChI is InChI=1S/C14H15ClN2O/c15-12-6-1-2-7-13(12)16-14(18)17-10-4-3-5-11(17)9-8-10/h1-4,6-7,10-11H,5,8-9H2,(H,16,18)/t10-,11-/m0/s1. The van der Waals surface area contributed by atoms with Gasteiger partial charge in [-0.05, 0) is 31.4 Å². The van der Waals surface area contributed by atoms with Crippen LogP contribution in [0.1, 0.15) is 19.3 Å². The molecule has 0 aromatic heterocycles. The molecule has 1 saturated heterocycles. The maximum Gasteiger partial charge on any atom is 0.322 e. The predicted octanol–water partition coefficient (Wildman–Crippen LogP) is 3.66. The average Bonchev–Trinajstić information content (AvgIpc) is 2.62. The second-order valence-corrected chi connectivity index (χ2v) is 5.19. The lowest BCUT2D eigenvalue weighted by Crippen LogP contribution is -2.44. The van der Waals surface area contributed by atoms with Gasteiger partial charge in [-0.25, -0.2) is 4.79 Å². The first-order valence-corrected chi connectivity index (χ1v) is 6.64. The van der Waals surface area contributed by atoms with Crippen molar-refractivity contribution in [1.29, 1.82) is 0 Å². The third kappa shape index (κ3) is 1.99. The molecule has 3 nitrogen and oxygen atoms in total. The fourth-order valence-electron chi connectivity index (χ4n) is 2.78. The largest absolute Gasteiger partial charge is 0.322 e. The Labute approximate surface area is 111 Å². The number of benzene rings is 1. The molecule has 2 bridgehead atoms. The fourth-order valence-corrected chi connectivity index (χ4v) is 2.97. The van der Waals surface area contributed by atoms with E-state index in [4.69, 9.17) is 11.6 Å². The Morgan fingerprint density at radius 3 is 2.94 bits per heavy atom. The van der Waals surface area contributed by atoms with Crippen molar-refractivity contribution in [2.75, 3.05) is 5.32 Å². The van der Waals surface area contributed by atoms with Crippen LogP contribution in [0.3, 0.4) is 0 Å². The number of carbonyl (C=O) groups excluding carboxylic acids is 1. The highest BCUT2D eigenvalue weighted by molar-refractivity contribution is 6.33. The van der Waals surface area contributed by atoms with Crippen molar-refractivity contribution in [3.8, 4) is 0 Å². The van der Waals surface area contributed by atoms with Crippen molar-refractivity contribution in [1.82, 2.24) is 4.90 Å². The Morgan fingerprint density at radius 1 is 1.33 bits per heavy atom. The molecule has 94 valence electrons. The van der Waals surface area contributed by atoms with Gasteiger partial charge in [-0.15, -0.1) is 0 Å². The van der Waals surface area contributed by atoms with Crippen molar-refractivity contribution >= 4 is 23.3 Å². The molecule has 0 radical (unpaired) electrons. The first-order valence-electron chi connectivity index (χ1n) is 6.26. The van der Waals surface area contributed by atoms with Crippen molar-refractivity contribution in [2.24, 2.45) is 0 Å². The molecule has 2 atom stereocenters. The van der Waals surface area contributed by atoms with Gasteiger partial charge in [0.15, 0.2) is 0 Å².